The molecule has 8 nitrogen and oxygen atoms in total. The molecule has 2 N–H and O–H groups in total. The molecule has 1 aliphatic heterocycles. The first-order valence-electron chi connectivity index (χ1n) is 9.81. The molecule has 1 fully saturated rings. The number of nitrogens with one attached hydrogen (secondary N) is 2. The van der Waals surface area contributed by atoms with Crippen LogP contribution in [0.3, 0.4) is 0 Å². The Hall–Kier alpha value is -2.20. The van der Waals surface area contributed by atoms with Gasteiger partial charge in [-0.15, -0.1) is 0 Å². The molecule has 10 heteroatoms. The van der Waals surface area contributed by atoms with Crippen LogP contribution in [0.4, 0.5) is 5.95 Å². The fraction of sp³-hybridized carbons (Fsp3) is 0.400. The van der Waals surface area contributed by atoms with Crippen LogP contribution in [0.5, 0.6) is 0 Å². The predicted octanol–water partition coefficient (Wildman–Crippen LogP) is 3.13. The van der Waals surface area contributed by atoms with Crippen LogP contribution in [0.15, 0.2) is 36.7 Å². The average molecular weight is 450 g/mol. The Morgan fingerprint density at radius 2 is 2.20 bits per heavy atom. The number of likely N-dealkylation sites (tertiary alicyclic amines) is 1. The molecule has 30 heavy (non-hydrogen) atoms. The van der Waals surface area contributed by atoms with Gasteiger partial charge in [0, 0.05) is 48.3 Å². The van der Waals surface area contributed by atoms with E-state index >= 15 is 0 Å². The van der Waals surface area contributed by atoms with Crippen molar-refractivity contribution in [3.05, 3.63) is 41.7 Å². The number of benzene rings is 1. The summed E-state index contributed by atoms with van der Waals surface area (Å²) in [4.78, 5) is 14.6. The first kappa shape index (κ1) is 21.0. The fourth-order valence-electron chi connectivity index (χ4n) is 3.73. The number of hydrogen-bond donors (Lipinski definition) is 2. The number of halogens is 1. The number of H-pyrrole nitrogens is 1. The lowest BCUT2D eigenvalue weighted by molar-refractivity contribution is 0.267. The molecule has 3 aromatic rings. The van der Waals surface area contributed by atoms with E-state index in [0.29, 0.717) is 23.1 Å². The van der Waals surface area contributed by atoms with Crippen LogP contribution in [0, 0.1) is 0 Å². The minimum atomic E-state index is -3.37. The van der Waals surface area contributed by atoms with E-state index in [4.69, 9.17) is 15.8 Å². The van der Waals surface area contributed by atoms with E-state index in [2.05, 4.69) is 25.2 Å². The Labute approximate surface area is 180 Å². The minimum Gasteiger partial charge on any atom is -0.360 e. The summed E-state index contributed by atoms with van der Waals surface area (Å²) in [6.07, 6.45) is 6.24. The van der Waals surface area contributed by atoms with Gasteiger partial charge in [-0.25, -0.2) is 9.97 Å². The monoisotopic (exact) mass is 449 g/mol. The van der Waals surface area contributed by atoms with Crippen molar-refractivity contribution in [1.29, 1.82) is 0 Å². The molecule has 2 aromatic heterocycles. The number of fused-ring (bicyclic) bond motifs is 1. The van der Waals surface area contributed by atoms with Crippen LogP contribution in [0.25, 0.3) is 22.2 Å². The summed E-state index contributed by atoms with van der Waals surface area (Å²) in [5.74, 6) is 0.548. The van der Waals surface area contributed by atoms with E-state index < -0.39 is 10.1 Å². The Morgan fingerprint density at radius 1 is 1.37 bits per heavy atom. The fourth-order valence-corrected chi connectivity index (χ4v) is 4.34. The molecule has 1 aliphatic rings. The maximum absolute atomic E-state index is 11.0. The van der Waals surface area contributed by atoms with E-state index in [-0.39, 0.29) is 12.6 Å². The summed E-state index contributed by atoms with van der Waals surface area (Å²) in [6.45, 7) is 2.77. The second-order valence-electron chi connectivity index (χ2n) is 7.45. The van der Waals surface area contributed by atoms with E-state index in [1.807, 2.05) is 30.5 Å². The van der Waals surface area contributed by atoms with Crippen LogP contribution in [0.1, 0.15) is 12.8 Å². The van der Waals surface area contributed by atoms with E-state index in [0.717, 1.165) is 48.8 Å². The van der Waals surface area contributed by atoms with Crippen LogP contribution in [0.2, 0.25) is 5.02 Å². The molecule has 0 spiro atoms. The standard InChI is InChI=1S/C20H24ClN5O3S/c1-30(27,28)29-10-4-8-26-9-7-14(13-26)24-20-23-12-17(21)19(25-20)16-11-22-18-6-3-2-5-15(16)18/h2-3,5-6,11-12,14,22H,4,7-10,13H2,1H3,(H,23,24,25). The van der Waals surface area contributed by atoms with Gasteiger partial charge in [0.2, 0.25) is 5.95 Å². The van der Waals surface area contributed by atoms with Crippen molar-refractivity contribution >= 4 is 38.6 Å². The lowest BCUT2D eigenvalue weighted by Gasteiger charge is -2.16. The van der Waals surface area contributed by atoms with Gasteiger partial charge >= 0.3 is 0 Å². The number of para-hydroxylation sites is 1. The molecule has 0 saturated carbocycles. The number of aromatic amines is 1. The van der Waals surface area contributed by atoms with Crippen LogP contribution in [-0.4, -0.2) is 66.8 Å². The molecule has 160 valence electrons. The topological polar surface area (TPSA) is 100 Å². The molecular formula is C20H24ClN5O3S. The van der Waals surface area contributed by atoms with E-state index in [1.54, 1.807) is 6.20 Å². The third-order valence-electron chi connectivity index (χ3n) is 5.11. The average Bonchev–Trinajstić information content (AvgIpc) is 3.33. The smallest absolute Gasteiger partial charge is 0.264 e. The summed E-state index contributed by atoms with van der Waals surface area (Å²) in [7, 11) is -3.37. The second kappa shape index (κ2) is 8.89. The number of nitrogens with zero attached hydrogens (tertiary/aromatic N) is 3. The van der Waals surface area contributed by atoms with Crippen molar-refractivity contribution in [3.8, 4) is 11.3 Å². The lowest BCUT2D eigenvalue weighted by atomic mass is 10.1. The first-order chi connectivity index (χ1) is 14.4. The molecule has 0 bridgehead atoms. The highest BCUT2D eigenvalue weighted by atomic mass is 35.5. The second-order valence-corrected chi connectivity index (χ2v) is 9.50. The SMILES string of the molecule is CS(=O)(=O)OCCCN1CCC(Nc2ncc(Cl)c(-c3c[nH]c4ccccc34)n2)C1. The number of rotatable bonds is 8. The van der Waals surface area contributed by atoms with Gasteiger partial charge in [0.05, 0.1) is 29.8 Å². The van der Waals surface area contributed by atoms with Crippen LogP contribution >= 0.6 is 11.6 Å². The highest BCUT2D eigenvalue weighted by Gasteiger charge is 2.23. The highest BCUT2D eigenvalue weighted by Crippen LogP contribution is 2.32. The number of anilines is 1. The maximum atomic E-state index is 11.0. The number of hydrogen-bond acceptors (Lipinski definition) is 7. The Balaban J connectivity index is 1.38. The zero-order valence-corrected chi connectivity index (χ0v) is 18.2. The summed E-state index contributed by atoms with van der Waals surface area (Å²) in [5, 5.41) is 4.97. The third kappa shape index (κ3) is 5.10. The lowest BCUT2D eigenvalue weighted by Crippen LogP contribution is -2.28. The van der Waals surface area contributed by atoms with E-state index in [9.17, 15) is 8.42 Å². The minimum absolute atomic E-state index is 0.210. The molecule has 0 amide bonds. The van der Waals surface area contributed by atoms with Gasteiger partial charge in [0.25, 0.3) is 10.1 Å². The Morgan fingerprint density at radius 3 is 3.03 bits per heavy atom. The summed E-state index contributed by atoms with van der Waals surface area (Å²) in [6, 6.07) is 8.24. The molecule has 4 rings (SSSR count). The van der Waals surface area contributed by atoms with Crippen molar-refractivity contribution in [2.45, 2.75) is 18.9 Å². The van der Waals surface area contributed by atoms with E-state index in [1.165, 1.54) is 0 Å². The summed E-state index contributed by atoms with van der Waals surface area (Å²) in [5.41, 5.74) is 2.67. The van der Waals surface area contributed by atoms with Crippen molar-refractivity contribution in [2.24, 2.45) is 0 Å². The first-order valence-corrected chi connectivity index (χ1v) is 12.0. The summed E-state index contributed by atoms with van der Waals surface area (Å²) >= 11 is 6.40. The predicted molar refractivity (Wildman–Crippen MR) is 118 cm³/mol. The molecule has 1 saturated heterocycles. The van der Waals surface area contributed by atoms with Crippen LogP contribution in [-0.2, 0) is 14.3 Å². The van der Waals surface area contributed by atoms with Crippen LogP contribution < -0.4 is 5.32 Å². The van der Waals surface area contributed by atoms with Gasteiger partial charge in [0.15, 0.2) is 0 Å². The Kier molecular flexibility index (Phi) is 6.24. The molecule has 0 radical (unpaired) electrons. The van der Waals surface area contributed by atoms with Crippen molar-refractivity contribution in [2.75, 3.05) is 37.8 Å². The van der Waals surface area contributed by atoms with Crippen molar-refractivity contribution in [3.63, 3.8) is 0 Å². The van der Waals surface area contributed by atoms with Gasteiger partial charge in [-0.05, 0) is 18.9 Å². The molecule has 1 aromatic carbocycles. The molecule has 3 heterocycles. The van der Waals surface area contributed by atoms with Gasteiger partial charge in [0.1, 0.15) is 0 Å². The highest BCUT2D eigenvalue weighted by molar-refractivity contribution is 7.85. The van der Waals surface area contributed by atoms with Gasteiger partial charge in [-0.1, -0.05) is 29.8 Å². The molecule has 1 unspecified atom stereocenters. The quantitative estimate of drug-likeness (QED) is 0.402. The van der Waals surface area contributed by atoms with Gasteiger partial charge in [-0.3, -0.25) is 4.18 Å². The van der Waals surface area contributed by atoms with Crippen molar-refractivity contribution < 1.29 is 12.6 Å². The largest absolute Gasteiger partial charge is 0.360 e. The molecular weight excluding hydrogens is 426 g/mol. The summed E-state index contributed by atoms with van der Waals surface area (Å²) < 4.78 is 26.8. The molecule has 0 aliphatic carbocycles. The maximum Gasteiger partial charge on any atom is 0.264 e. The number of aromatic nitrogens is 3. The zero-order chi connectivity index (χ0) is 21.1. The zero-order valence-electron chi connectivity index (χ0n) is 16.6. The van der Waals surface area contributed by atoms with Gasteiger partial charge < -0.3 is 15.2 Å². The van der Waals surface area contributed by atoms with Gasteiger partial charge in [-0.2, -0.15) is 8.42 Å². The molecule has 1 atom stereocenters. The Bertz CT molecular complexity index is 1130. The van der Waals surface area contributed by atoms with Crippen molar-refractivity contribution in [1.82, 2.24) is 19.9 Å². The third-order valence-corrected chi connectivity index (χ3v) is 5.98. The normalized spacial score (nSPS) is 17.6.